The van der Waals surface area contributed by atoms with Gasteiger partial charge in [0.2, 0.25) is 0 Å². The Bertz CT molecular complexity index is 610. The summed E-state index contributed by atoms with van der Waals surface area (Å²) >= 11 is 0.669. The van der Waals surface area contributed by atoms with Crippen LogP contribution in [0.15, 0.2) is 30.5 Å². The Hall–Kier alpha value is -1.89. The number of alkyl halides is 2. The number of ether oxygens (including phenoxy) is 1. The molecule has 1 aromatic carbocycles. The average molecular weight is 301 g/mol. The summed E-state index contributed by atoms with van der Waals surface area (Å²) in [6, 6.07) is 5.28. The van der Waals surface area contributed by atoms with Crippen molar-refractivity contribution in [3.63, 3.8) is 0 Å². The summed E-state index contributed by atoms with van der Waals surface area (Å²) < 4.78 is 44.7. The van der Waals surface area contributed by atoms with E-state index in [2.05, 4.69) is 9.72 Å². The fourth-order valence-corrected chi connectivity index (χ4v) is 2.35. The van der Waals surface area contributed by atoms with Gasteiger partial charge in [-0.1, -0.05) is 0 Å². The normalized spacial score (nSPS) is 11.4. The smallest absolute Gasteiger partial charge is 0.382 e. The van der Waals surface area contributed by atoms with Crippen LogP contribution in [-0.2, 0) is 15.5 Å². The highest BCUT2D eigenvalue weighted by molar-refractivity contribution is 7.15. The molecule has 0 aliphatic carbocycles. The Morgan fingerprint density at radius 3 is 2.60 bits per heavy atom. The molecule has 0 atom stereocenters. The number of hydrogen-bond donors (Lipinski definition) is 0. The van der Waals surface area contributed by atoms with Gasteiger partial charge in [0.1, 0.15) is 15.7 Å². The van der Waals surface area contributed by atoms with E-state index in [-0.39, 0.29) is 11.6 Å². The number of carbonyl (C=O) groups is 1. The molecule has 20 heavy (non-hydrogen) atoms. The van der Waals surface area contributed by atoms with E-state index in [9.17, 15) is 18.0 Å². The second-order valence-electron chi connectivity index (χ2n) is 3.83. The maximum Gasteiger partial charge on any atom is 0.382 e. The summed E-state index contributed by atoms with van der Waals surface area (Å²) in [4.78, 5) is 14.5. The van der Waals surface area contributed by atoms with Gasteiger partial charge in [-0.15, -0.1) is 11.3 Å². The lowest BCUT2D eigenvalue weighted by Crippen LogP contribution is -2.27. The number of hydrogen-bond acceptors (Lipinski definition) is 4. The number of carbonyl (C=O) groups excluding carboxylic acids is 1. The second kappa shape index (κ2) is 5.62. The highest BCUT2D eigenvalue weighted by Gasteiger charge is 2.44. The quantitative estimate of drug-likeness (QED) is 0.810. The van der Waals surface area contributed by atoms with Crippen molar-refractivity contribution in [2.45, 2.75) is 12.8 Å². The zero-order valence-corrected chi connectivity index (χ0v) is 11.2. The molecule has 0 saturated carbocycles. The third-order valence-corrected chi connectivity index (χ3v) is 3.55. The summed E-state index contributed by atoms with van der Waals surface area (Å²) in [5.41, 5.74) is 0.502. The zero-order chi connectivity index (χ0) is 14.8. The summed E-state index contributed by atoms with van der Waals surface area (Å²) in [6.45, 7) is 1.32. The van der Waals surface area contributed by atoms with E-state index in [0.29, 0.717) is 16.9 Å². The SMILES string of the molecule is CCOC(=O)C(F)(F)c1cnc(-c2ccc(F)cc2)s1. The van der Waals surface area contributed by atoms with Gasteiger partial charge in [-0.05, 0) is 31.2 Å². The lowest BCUT2D eigenvalue weighted by molar-refractivity contribution is -0.172. The number of nitrogens with zero attached hydrogens (tertiary/aromatic N) is 1. The summed E-state index contributed by atoms with van der Waals surface area (Å²) in [5, 5.41) is 0.281. The summed E-state index contributed by atoms with van der Waals surface area (Å²) in [7, 11) is 0. The predicted molar refractivity (Wildman–Crippen MR) is 68.0 cm³/mol. The van der Waals surface area contributed by atoms with Crippen molar-refractivity contribution in [2.75, 3.05) is 6.61 Å². The molecule has 0 spiro atoms. The van der Waals surface area contributed by atoms with Crippen molar-refractivity contribution in [3.8, 4) is 10.6 Å². The zero-order valence-electron chi connectivity index (χ0n) is 10.4. The van der Waals surface area contributed by atoms with Crippen molar-refractivity contribution in [2.24, 2.45) is 0 Å². The maximum atomic E-state index is 13.8. The van der Waals surface area contributed by atoms with Gasteiger partial charge in [0.25, 0.3) is 0 Å². The van der Waals surface area contributed by atoms with Crippen molar-refractivity contribution < 1.29 is 22.7 Å². The van der Waals surface area contributed by atoms with Crippen LogP contribution in [-0.4, -0.2) is 17.6 Å². The predicted octanol–water partition coefficient (Wildman–Crippen LogP) is 3.60. The van der Waals surface area contributed by atoms with Crippen LogP contribution in [0.3, 0.4) is 0 Å². The van der Waals surface area contributed by atoms with E-state index in [0.717, 1.165) is 6.20 Å². The first-order valence-corrected chi connectivity index (χ1v) is 6.54. The largest absolute Gasteiger partial charge is 0.461 e. The number of aromatic nitrogens is 1. The summed E-state index contributed by atoms with van der Waals surface area (Å²) in [5.74, 6) is -5.76. The molecular weight excluding hydrogens is 291 g/mol. The maximum absolute atomic E-state index is 13.8. The minimum absolute atomic E-state index is 0.127. The Balaban J connectivity index is 2.28. The molecule has 0 bridgehead atoms. The van der Waals surface area contributed by atoms with Crippen molar-refractivity contribution >= 4 is 17.3 Å². The first-order chi connectivity index (χ1) is 9.45. The topological polar surface area (TPSA) is 39.2 Å². The van der Waals surface area contributed by atoms with E-state index >= 15 is 0 Å². The molecule has 0 amide bonds. The van der Waals surface area contributed by atoms with Gasteiger partial charge >= 0.3 is 11.9 Å². The number of esters is 1. The van der Waals surface area contributed by atoms with Gasteiger partial charge in [0.05, 0.1) is 6.61 Å². The monoisotopic (exact) mass is 301 g/mol. The minimum Gasteiger partial charge on any atom is -0.461 e. The lowest BCUT2D eigenvalue weighted by atomic mass is 10.2. The Morgan fingerprint density at radius 2 is 2.00 bits per heavy atom. The molecule has 0 unspecified atom stereocenters. The van der Waals surface area contributed by atoms with Crippen LogP contribution >= 0.6 is 11.3 Å². The van der Waals surface area contributed by atoms with Gasteiger partial charge < -0.3 is 4.74 Å². The van der Waals surface area contributed by atoms with Crippen LogP contribution < -0.4 is 0 Å². The lowest BCUT2D eigenvalue weighted by Gasteiger charge is -2.11. The molecule has 0 saturated heterocycles. The third-order valence-electron chi connectivity index (χ3n) is 2.44. The van der Waals surface area contributed by atoms with Gasteiger partial charge in [-0.25, -0.2) is 14.2 Å². The van der Waals surface area contributed by atoms with Gasteiger partial charge in [0.15, 0.2) is 0 Å². The summed E-state index contributed by atoms with van der Waals surface area (Å²) in [6.07, 6.45) is 0.931. The molecule has 7 heteroatoms. The number of rotatable bonds is 4. The Morgan fingerprint density at radius 1 is 1.35 bits per heavy atom. The van der Waals surface area contributed by atoms with Crippen LogP contribution in [0.5, 0.6) is 0 Å². The molecule has 0 N–H and O–H groups in total. The van der Waals surface area contributed by atoms with Crippen LogP contribution in [0.1, 0.15) is 11.8 Å². The van der Waals surface area contributed by atoms with Crippen molar-refractivity contribution in [3.05, 3.63) is 41.2 Å². The molecule has 106 valence electrons. The highest BCUT2D eigenvalue weighted by Crippen LogP contribution is 2.36. The van der Waals surface area contributed by atoms with Crippen LogP contribution in [0.25, 0.3) is 10.6 Å². The molecule has 2 aromatic rings. The fourth-order valence-electron chi connectivity index (χ4n) is 1.47. The third kappa shape index (κ3) is 2.82. The minimum atomic E-state index is -3.73. The second-order valence-corrected chi connectivity index (χ2v) is 4.86. The van der Waals surface area contributed by atoms with E-state index in [4.69, 9.17) is 0 Å². The highest BCUT2D eigenvalue weighted by atomic mass is 32.1. The van der Waals surface area contributed by atoms with Crippen LogP contribution in [0, 0.1) is 5.82 Å². The van der Waals surface area contributed by atoms with E-state index in [1.807, 2.05) is 0 Å². The fraction of sp³-hybridized carbons (Fsp3) is 0.231. The van der Waals surface area contributed by atoms with Gasteiger partial charge in [-0.2, -0.15) is 8.78 Å². The average Bonchev–Trinajstić information content (AvgIpc) is 2.90. The molecule has 0 aliphatic heterocycles. The van der Waals surface area contributed by atoms with E-state index in [1.165, 1.54) is 31.2 Å². The first kappa shape index (κ1) is 14.5. The van der Waals surface area contributed by atoms with Crippen LogP contribution in [0.2, 0.25) is 0 Å². The Labute approximate surface area is 117 Å². The van der Waals surface area contributed by atoms with Crippen molar-refractivity contribution in [1.82, 2.24) is 4.98 Å². The van der Waals surface area contributed by atoms with E-state index in [1.54, 1.807) is 0 Å². The van der Waals surface area contributed by atoms with Crippen molar-refractivity contribution in [1.29, 1.82) is 0 Å². The van der Waals surface area contributed by atoms with Gasteiger partial charge in [0, 0.05) is 11.8 Å². The molecule has 0 fully saturated rings. The molecule has 0 radical (unpaired) electrons. The molecule has 1 heterocycles. The first-order valence-electron chi connectivity index (χ1n) is 5.72. The molecule has 3 nitrogen and oxygen atoms in total. The molecular formula is C13H10F3NO2S. The van der Waals surface area contributed by atoms with E-state index < -0.39 is 22.6 Å². The number of halogens is 3. The number of thiazole rings is 1. The molecule has 1 aromatic heterocycles. The molecule has 0 aliphatic rings. The standard InChI is InChI=1S/C13H10F3NO2S/c1-2-19-12(18)13(15,16)10-7-17-11(20-10)8-3-5-9(14)6-4-8/h3-7H,2H2,1H3. The number of benzene rings is 1. The Kier molecular flexibility index (Phi) is 4.08. The molecule has 2 rings (SSSR count). The van der Waals surface area contributed by atoms with Gasteiger partial charge in [-0.3, -0.25) is 0 Å². The van der Waals surface area contributed by atoms with Crippen LogP contribution in [0.4, 0.5) is 13.2 Å².